The first-order chi connectivity index (χ1) is 14.9. The molecule has 1 aliphatic heterocycles. The highest BCUT2D eigenvalue weighted by Gasteiger charge is 2.32. The van der Waals surface area contributed by atoms with Crippen molar-refractivity contribution in [2.45, 2.75) is 17.7 Å². The highest BCUT2D eigenvalue weighted by atomic mass is 35.5. The van der Waals surface area contributed by atoms with Crippen LogP contribution in [-0.4, -0.2) is 28.0 Å². The summed E-state index contributed by atoms with van der Waals surface area (Å²) in [5.41, 5.74) is 2.40. The number of hydrogen-bond donors (Lipinski definition) is 1. The summed E-state index contributed by atoms with van der Waals surface area (Å²) >= 11 is 5.88. The Morgan fingerprint density at radius 3 is 2.55 bits per heavy atom. The van der Waals surface area contributed by atoms with E-state index in [1.54, 1.807) is 30.3 Å². The molecule has 1 amide bonds. The number of nitrogens with zero attached hydrogens (tertiary/aromatic N) is 1. The Bertz CT molecular complexity index is 1230. The maximum Gasteiger partial charge on any atom is 0.268 e. The molecule has 31 heavy (non-hydrogen) atoms. The third kappa shape index (κ3) is 4.24. The molecule has 0 aliphatic carbocycles. The summed E-state index contributed by atoms with van der Waals surface area (Å²) in [5, 5.41) is 3.30. The zero-order valence-electron chi connectivity index (χ0n) is 16.8. The molecule has 160 valence electrons. The predicted octanol–water partition coefficient (Wildman–Crippen LogP) is 4.74. The maximum absolute atomic E-state index is 13.6. The minimum Gasteiger partial charge on any atom is -0.495 e. The van der Waals surface area contributed by atoms with E-state index < -0.39 is 15.9 Å². The van der Waals surface area contributed by atoms with Gasteiger partial charge < -0.3 is 10.1 Å². The van der Waals surface area contributed by atoms with Crippen molar-refractivity contribution in [3.63, 3.8) is 0 Å². The molecule has 1 heterocycles. The van der Waals surface area contributed by atoms with E-state index in [1.165, 1.54) is 29.6 Å². The summed E-state index contributed by atoms with van der Waals surface area (Å²) in [4.78, 5) is 12.7. The number of anilines is 2. The average Bonchev–Trinajstić information content (AvgIpc) is 2.79. The van der Waals surface area contributed by atoms with E-state index in [0.29, 0.717) is 22.9 Å². The van der Waals surface area contributed by atoms with Crippen molar-refractivity contribution in [3.05, 3.63) is 82.9 Å². The quantitative estimate of drug-likeness (QED) is 0.601. The molecule has 0 fully saturated rings. The minimum atomic E-state index is -3.94. The number of hydrogen-bond acceptors (Lipinski definition) is 4. The van der Waals surface area contributed by atoms with Crippen molar-refractivity contribution in [1.29, 1.82) is 0 Å². The molecule has 0 saturated heterocycles. The molecule has 0 unspecified atom stereocenters. The molecule has 0 aromatic heterocycles. The van der Waals surface area contributed by atoms with Gasteiger partial charge in [-0.2, -0.15) is 0 Å². The van der Waals surface area contributed by atoms with E-state index in [2.05, 4.69) is 5.32 Å². The molecular formula is C23H21ClN2O4S. The van der Waals surface area contributed by atoms with Gasteiger partial charge in [-0.15, -0.1) is 0 Å². The lowest BCUT2D eigenvalue weighted by atomic mass is 10.0. The largest absolute Gasteiger partial charge is 0.495 e. The van der Waals surface area contributed by atoms with Gasteiger partial charge >= 0.3 is 0 Å². The van der Waals surface area contributed by atoms with Crippen LogP contribution >= 0.6 is 11.6 Å². The highest BCUT2D eigenvalue weighted by Crippen LogP contribution is 2.35. The Hall–Kier alpha value is -3.03. The maximum atomic E-state index is 13.6. The molecule has 1 N–H and O–H groups in total. The minimum absolute atomic E-state index is 0.0459. The molecule has 0 radical (unpaired) electrons. The molecule has 4 rings (SSSR count). The van der Waals surface area contributed by atoms with Gasteiger partial charge in [-0.25, -0.2) is 8.42 Å². The number of sulfonamides is 1. The van der Waals surface area contributed by atoms with E-state index in [1.807, 2.05) is 18.2 Å². The van der Waals surface area contributed by atoms with Crippen LogP contribution in [0.1, 0.15) is 22.3 Å². The monoisotopic (exact) mass is 456 g/mol. The molecule has 3 aromatic rings. The van der Waals surface area contributed by atoms with Gasteiger partial charge in [-0.05, 0) is 66.9 Å². The van der Waals surface area contributed by atoms with Crippen LogP contribution in [-0.2, 0) is 16.4 Å². The lowest BCUT2D eigenvalue weighted by Crippen LogP contribution is -2.35. The number of carbonyl (C=O) groups excluding carboxylic acids is 1. The molecule has 6 nitrogen and oxygen atoms in total. The smallest absolute Gasteiger partial charge is 0.268 e. The molecule has 0 saturated carbocycles. The lowest BCUT2D eigenvalue weighted by Gasteiger charge is -2.31. The topological polar surface area (TPSA) is 75.7 Å². The summed E-state index contributed by atoms with van der Waals surface area (Å²) in [5.74, 6) is -0.244. The van der Waals surface area contributed by atoms with Gasteiger partial charge in [0.15, 0.2) is 0 Å². The Labute approximate surface area is 186 Å². The summed E-state index contributed by atoms with van der Waals surface area (Å²) < 4.78 is 33.9. The summed E-state index contributed by atoms with van der Waals surface area (Å²) in [6.45, 7) is 0.365. The number of nitrogens with one attached hydrogen (secondary N) is 1. The Morgan fingerprint density at radius 1 is 1.06 bits per heavy atom. The lowest BCUT2D eigenvalue weighted by molar-refractivity contribution is 0.102. The third-order valence-electron chi connectivity index (χ3n) is 5.16. The van der Waals surface area contributed by atoms with Crippen LogP contribution in [0.4, 0.5) is 11.4 Å². The van der Waals surface area contributed by atoms with Crippen molar-refractivity contribution >= 4 is 38.9 Å². The number of para-hydroxylation sites is 1. The summed E-state index contributed by atoms with van der Waals surface area (Å²) in [6.07, 6.45) is 1.54. The molecule has 8 heteroatoms. The molecule has 0 spiro atoms. The number of aryl methyl sites for hydroxylation is 1. The average molecular weight is 457 g/mol. The second-order valence-corrected chi connectivity index (χ2v) is 9.40. The number of halogens is 1. The van der Waals surface area contributed by atoms with Gasteiger partial charge in [0.25, 0.3) is 15.9 Å². The normalized spacial score (nSPS) is 13.4. The van der Waals surface area contributed by atoms with Crippen LogP contribution in [0.5, 0.6) is 5.75 Å². The molecule has 0 bridgehead atoms. The van der Waals surface area contributed by atoms with Crippen molar-refractivity contribution in [1.82, 2.24) is 0 Å². The molecule has 1 aliphatic rings. The number of fused-ring (bicyclic) bond motifs is 1. The van der Waals surface area contributed by atoms with E-state index >= 15 is 0 Å². The third-order valence-corrected chi connectivity index (χ3v) is 7.25. The van der Waals surface area contributed by atoms with Crippen molar-refractivity contribution < 1.29 is 17.9 Å². The fourth-order valence-electron chi connectivity index (χ4n) is 3.62. The fourth-order valence-corrected chi connectivity index (χ4v) is 5.47. The molecule has 3 aromatic carbocycles. The van der Waals surface area contributed by atoms with Gasteiger partial charge in [-0.1, -0.05) is 29.8 Å². The first-order valence-corrected chi connectivity index (χ1v) is 11.6. The number of carbonyl (C=O) groups is 1. The Balaban J connectivity index is 1.71. The first kappa shape index (κ1) is 21.2. The van der Waals surface area contributed by atoms with E-state index in [-0.39, 0.29) is 16.2 Å². The number of ether oxygens (including phenoxy) is 1. The van der Waals surface area contributed by atoms with E-state index in [4.69, 9.17) is 16.3 Å². The number of amides is 1. The SMILES string of the molecule is COc1ccc(C(=O)Nc2ccc(Cl)cc2)cc1S(=O)(=O)N1CCCc2ccccc21. The zero-order valence-corrected chi connectivity index (χ0v) is 18.4. The number of rotatable bonds is 5. The molecular weight excluding hydrogens is 436 g/mol. The van der Waals surface area contributed by atoms with Gasteiger partial charge in [0.2, 0.25) is 0 Å². The highest BCUT2D eigenvalue weighted by molar-refractivity contribution is 7.93. The zero-order chi connectivity index (χ0) is 22.0. The summed E-state index contributed by atoms with van der Waals surface area (Å²) in [7, 11) is -2.53. The van der Waals surface area contributed by atoms with Gasteiger partial charge in [-0.3, -0.25) is 9.10 Å². The van der Waals surface area contributed by atoms with Crippen molar-refractivity contribution in [2.75, 3.05) is 23.3 Å². The van der Waals surface area contributed by atoms with Crippen LogP contribution in [0.3, 0.4) is 0 Å². The standard InChI is InChI=1S/C23H21ClN2O4S/c1-30-21-13-8-17(23(27)25-19-11-9-18(24)10-12-19)15-22(21)31(28,29)26-14-4-6-16-5-2-3-7-20(16)26/h2-3,5,7-13,15H,4,6,14H2,1H3,(H,25,27). The van der Waals surface area contributed by atoms with Crippen LogP contribution in [0.2, 0.25) is 5.02 Å². The number of benzene rings is 3. The van der Waals surface area contributed by atoms with Crippen molar-refractivity contribution in [3.8, 4) is 5.75 Å². The van der Waals surface area contributed by atoms with E-state index in [0.717, 1.165) is 18.4 Å². The van der Waals surface area contributed by atoms with Crippen molar-refractivity contribution in [2.24, 2.45) is 0 Å². The van der Waals surface area contributed by atoms with Crippen LogP contribution in [0, 0.1) is 0 Å². The summed E-state index contributed by atoms with van der Waals surface area (Å²) in [6, 6.07) is 18.5. The second-order valence-electron chi connectivity index (χ2n) is 7.14. The van der Waals surface area contributed by atoms with Crippen LogP contribution in [0.15, 0.2) is 71.6 Å². The molecule has 0 atom stereocenters. The van der Waals surface area contributed by atoms with Crippen LogP contribution in [0.25, 0.3) is 0 Å². The van der Waals surface area contributed by atoms with Gasteiger partial charge in [0, 0.05) is 22.8 Å². The van der Waals surface area contributed by atoms with Gasteiger partial charge in [0.1, 0.15) is 10.6 Å². The van der Waals surface area contributed by atoms with Gasteiger partial charge in [0.05, 0.1) is 12.8 Å². The fraction of sp³-hybridized carbons (Fsp3) is 0.174. The van der Waals surface area contributed by atoms with Crippen LogP contribution < -0.4 is 14.4 Å². The predicted molar refractivity (Wildman–Crippen MR) is 122 cm³/mol. The van der Waals surface area contributed by atoms with E-state index in [9.17, 15) is 13.2 Å². The Kier molecular flexibility index (Phi) is 5.89. The first-order valence-electron chi connectivity index (χ1n) is 9.76. The number of methoxy groups -OCH3 is 1. The Morgan fingerprint density at radius 2 is 1.81 bits per heavy atom. The second kappa shape index (κ2) is 8.61.